The predicted molar refractivity (Wildman–Crippen MR) is 131 cm³/mol. The van der Waals surface area contributed by atoms with Gasteiger partial charge in [-0.2, -0.15) is 0 Å². The summed E-state index contributed by atoms with van der Waals surface area (Å²) in [6.45, 7) is 2.67. The van der Waals surface area contributed by atoms with Crippen LogP contribution >= 0.6 is 23.2 Å². The van der Waals surface area contributed by atoms with Crippen LogP contribution in [-0.4, -0.2) is 25.3 Å². The molecule has 0 saturated carbocycles. The third-order valence-electron chi connectivity index (χ3n) is 5.60. The minimum absolute atomic E-state index is 0.192. The highest BCUT2D eigenvalue weighted by Gasteiger charge is 2.28. The Bertz CT molecular complexity index is 1310. The summed E-state index contributed by atoms with van der Waals surface area (Å²) < 4.78 is 28.0. The van der Waals surface area contributed by atoms with E-state index in [1.165, 1.54) is 0 Å². The molecule has 1 unspecified atom stereocenters. The van der Waals surface area contributed by atoms with E-state index in [0.29, 0.717) is 35.2 Å². The number of carbonyl (C=O) groups is 1. The smallest absolute Gasteiger partial charge is 0.261 e. The molecule has 3 aromatic rings. The lowest BCUT2D eigenvalue weighted by atomic mass is 10.1. The molecule has 1 amide bonds. The van der Waals surface area contributed by atoms with Crippen molar-refractivity contribution in [3.05, 3.63) is 93.0 Å². The third kappa shape index (κ3) is 5.33. The number of halogens is 2. The quantitative estimate of drug-likeness (QED) is 0.517. The van der Waals surface area contributed by atoms with Crippen LogP contribution in [0.5, 0.6) is 0 Å². The average molecular weight is 504 g/mol. The van der Waals surface area contributed by atoms with Gasteiger partial charge in [-0.25, -0.2) is 8.42 Å². The predicted octanol–water partition coefficient (Wildman–Crippen LogP) is 4.51. The zero-order valence-corrected chi connectivity index (χ0v) is 20.2. The third-order valence-corrected chi connectivity index (χ3v) is 7.58. The first-order valence-corrected chi connectivity index (χ1v) is 12.6. The van der Waals surface area contributed by atoms with Crippen molar-refractivity contribution in [2.45, 2.75) is 37.4 Å². The summed E-state index contributed by atoms with van der Waals surface area (Å²) in [6, 6.07) is 16.3. The molecule has 0 spiro atoms. The standard InChI is InChI=1S/C24H23Cl2N3O3S/c1-15-2-8-21(9-3-15)33(31,32)28-20-7-5-17-13-29(14-18(17)10-20)24(30)23(27)11-16-4-6-19(25)12-22(16)26/h2-10,12,23,28H,11,13-14,27H2,1H3. The van der Waals surface area contributed by atoms with E-state index in [-0.39, 0.29) is 10.8 Å². The second kappa shape index (κ2) is 9.35. The van der Waals surface area contributed by atoms with E-state index in [2.05, 4.69) is 4.72 Å². The van der Waals surface area contributed by atoms with Gasteiger partial charge in [-0.15, -0.1) is 0 Å². The van der Waals surface area contributed by atoms with Gasteiger partial charge in [0, 0.05) is 28.8 Å². The highest BCUT2D eigenvalue weighted by molar-refractivity contribution is 7.92. The lowest BCUT2D eigenvalue weighted by Crippen LogP contribution is -2.42. The molecular weight excluding hydrogens is 481 g/mol. The number of sulfonamides is 1. The van der Waals surface area contributed by atoms with Gasteiger partial charge in [-0.05, 0) is 66.4 Å². The summed E-state index contributed by atoms with van der Waals surface area (Å²) in [5, 5.41) is 0.994. The van der Waals surface area contributed by atoms with Crippen LogP contribution in [0.3, 0.4) is 0 Å². The van der Waals surface area contributed by atoms with E-state index < -0.39 is 16.1 Å². The maximum Gasteiger partial charge on any atom is 0.261 e. The Morgan fingerprint density at radius 3 is 2.42 bits per heavy atom. The van der Waals surface area contributed by atoms with E-state index in [4.69, 9.17) is 28.9 Å². The van der Waals surface area contributed by atoms with Gasteiger partial charge in [0.15, 0.2) is 0 Å². The number of anilines is 1. The highest BCUT2D eigenvalue weighted by atomic mass is 35.5. The fourth-order valence-corrected chi connectivity index (χ4v) is 5.33. The largest absolute Gasteiger partial charge is 0.333 e. The molecule has 0 bridgehead atoms. The van der Waals surface area contributed by atoms with Gasteiger partial charge in [0.05, 0.1) is 10.9 Å². The van der Waals surface area contributed by atoms with Crippen LogP contribution in [0.15, 0.2) is 65.6 Å². The SMILES string of the molecule is Cc1ccc(S(=O)(=O)Nc2ccc3c(c2)CN(C(=O)C(N)Cc2ccc(Cl)cc2Cl)C3)cc1. The maximum absolute atomic E-state index is 12.9. The minimum atomic E-state index is -3.71. The molecule has 3 aromatic carbocycles. The van der Waals surface area contributed by atoms with Gasteiger partial charge in [-0.3, -0.25) is 9.52 Å². The Morgan fingerprint density at radius 1 is 1.03 bits per heavy atom. The second-order valence-electron chi connectivity index (χ2n) is 8.14. The molecule has 1 aliphatic rings. The van der Waals surface area contributed by atoms with Crippen molar-refractivity contribution in [3.8, 4) is 0 Å². The van der Waals surface area contributed by atoms with Gasteiger partial charge in [-0.1, -0.05) is 53.0 Å². The van der Waals surface area contributed by atoms with Crippen molar-refractivity contribution >= 4 is 44.8 Å². The number of fused-ring (bicyclic) bond motifs is 1. The molecular formula is C24H23Cl2N3O3S. The summed E-state index contributed by atoms with van der Waals surface area (Å²) in [5.74, 6) is -0.195. The van der Waals surface area contributed by atoms with Crippen molar-refractivity contribution < 1.29 is 13.2 Å². The van der Waals surface area contributed by atoms with Gasteiger partial charge in [0.1, 0.15) is 0 Å². The first-order valence-electron chi connectivity index (χ1n) is 10.3. The van der Waals surface area contributed by atoms with Crippen LogP contribution < -0.4 is 10.5 Å². The molecule has 0 radical (unpaired) electrons. The first kappa shape index (κ1) is 23.6. The average Bonchev–Trinajstić information content (AvgIpc) is 3.18. The van der Waals surface area contributed by atoms with E-state index in [1.54, 1.807) is 59.5 Å². The van der Waals surface area contributed by atoms with Crippen molar-refractivity contribution in [2.75, 3.05) is 4.72 Å². The Kier molecular flexibility index (Phi) is 6.68. The molecule has 33 heavy (non-hydrogen) atoms. The molecule has 1 atom stereocenters. The number of nitrogens with two attached hydrogens (primary N) is 1. The number of nitrogens with zero attached hydrogens (tertiary/aromatic N) is 1. The van der Waals surface area contributed by atoms with Crippen LogP contribution in [-0.2, 0) is 34.3 Å². The molecule has 0 fully saturated rings. The molecule has 0 aromatic heterocycles. The summed E-state index contributed by atoms with van der Waals surface area (Å²) in [5.41, 5.74) is 10.2. The van der Waals surface area contributed by atoms with Crippen LogP contribution in [0.25, 0.3) is 0 Å². The molecule has 0 aliphatic carbocycles. The monoisotopic (exact) mass is 503 g/mol. The Hall–Kier alpha value is -2.58. The molecule has 1 aliphatic heterocycles. The van der Waals surface area contributed by atoms with Gasteiger partial charge < -0.3 is 10.6 Å². The molecule has 9 heteroatoms. The van der Waals surface area contributed by atoms with Crippen LogP contribution in [0.2, 0.25) is 10.0 Å². The van der Waals surface area contributed by atoms with Crippen molar-refractivity contribution in [1.82, 2.24) is 4.90 Å². The van der Waals surface area contributed by atoms with E-state index in [0.717, 1.165) is 22.3 Å². The fraction of sp³-hybridized carbons (Fsp3) is 0.208. The summed E-state index contributed by atoms with van der Waals surface area (Å²) in [7, 11) is -3.71. The van der Waals surface area contributed by atoms with E-state index >= 15 is 0 Å². The van der Waals surface area contributed by atoms with Crippen molar-refractivity contribution in [2.24, 2.45) is 5.73 Å². The second-order valence-corrected chi connectivity index (χ2v) is 10.7. The number of aryl methyl sites for hydroxylation is 1. The van der Waals surface area contributed by atoms with E-state index in [9.17, 15) is 13.2 Å². The van der Waals surface area contributed by atoms with Crippen molar-refractivity contribution in [1.29, 1.82) is 0 Å². The Morgan fingerprint density at radius 2 is 1.73 bits per heavy atom. The zero-order valence-electron chi connectivity index (χ0n) is 17.9. The van der Waals surface area contributed by atoms with Crippen LogP contribution in [0.4, 0.5) is 5.69 Å². The van der Waals surface area contributed by atoms with Gasteiger partial charge in [0.2, 0.25) is 5.91 Å². The van der Waals surface area contributed by atoms with Crippen LogP contribution in [0.1, 0.15) is 22.3 Å². The van der Waals surface area contributed by atoms with Gasteiger partial charge >= 0.3 is 0 Å². The summed E-state index contributed by atoms with van der Waals surface area (Å²) in [4.78, 5) is 14.8. The first-order chi connectivity index (χ1) is 15.6. The summed E-state index contributed by atoms with van der Waals surface area (Å²) >= 11 is 12.1. The highest BCUT2D eigenvalue weighted by Crippen LogP contribution is 2.28. The number of rotatable bonds is 6. The molecule has 172 valence electrons. The summed E-state index contributed by atoms with van der Waals surface area (Å²) in [6.07, 6.45) is 0.295. The molecule has 4 rings (SSSR count). The van der Waals surface area contributed by atoms with Crippen molar-refractivity contribution in [3.63, 3.8) is 0 Å². The number of hydrogen-bond acceptors (Lipinski definition) is 4. The number of amides is 1. The van der Waals surface area contributed by atoms with Gasteiger partial charge in [0.25, 0.3) is 10.0 Å². The molecule has 0 saturated heterocycles. The number of nitrogens with one attached hydrogen (secondary N) is 1. The zero-order chi connectivity index (χ0) is 23.8. The minimum Gasteiger partial charge on any atom is -0.333 e. The number of carbonyl (C=O) groups excluding carboxylic acids is 1. The maximum atomic E-state index is 12.9. The lowest BCUT2D eigenvalue weighted by molar-refractivity contribution is -0.133. The molecule has 1 heterocycles. The number of hydrogen-bond donors (Lipinski definition) is 2. The van der Waals surface area contributed by atoms with Crippen LogP contribution in [0, 0.1) is 6.92 Å². The molecule has 6 nitrogen and oxygen atoms in total. The topological polar surface area (TPSA) is 92.5 Å². The number of benzene rings is 3. The normalized spacial score (nSPS) is 14.1. The lowest BCUT2D eigenvalue weighted by Gasteiger charge is -2.20. The Labute approximate surface area is 203 Å². The fourth-order valence-electron chi connectivity index (χ4n) is 3.79. The molecule has 3 N–H and O–H groups in total. The Balaban J connectivity index is 1.44. The van der Waals surface area contributed by atoms with E-state index in [1.807, 2.05) is 13.0 Å².